The SMILES string of the molecule is O=C(N1CCO[C@@H]([C@@H]2CCCO2)C1)C1(N2CCOCC2)CCCC1. The number of rotatable bonds is 3. The highest BCUT2D eigenvalue weighted by molar-refractivity contribution is 5.87. The van der Waals surface area contributed by atoms with Crippen LogP contribution in [0, 0.1) is 0 Å². The maximum atomic E-state index is 13.5. The van der Waals surface area contributed by atoms with Crippen LogP contribution in [0.3, 0.4) is 0 Å². The van der Waals surface area contributed by atoms with Gasteiger partial charge in [-0.3, -0.25) is 9.69 Å². The van der Waals surface area contributed by atoms with Crippen molar-refractivity contribution >= 4 is 5.91 Å². The number of carbonyl (C=O) groups excluding carboxylic acids is 1. The fraction of sp³-hybridized carbons (Fsp3) is 0.944. The lowest BCUT2D eigenvalue weighted by Gasteiger charge is -2.46. The van der Waals surface area contributed by atoms with Gasteiger partial charge in [-0.15, -0.1) is 0 Å². The second kappa shape index (κ2) is 7.28. The molecular weight excluding hydrogens is 308 g/mol. The van der Waals surface area contributed by atoms with E-state index in [9.17, 15) is 4.79 Å². The Balaban J connectivity index is 1.47. The minimum absolute atomic E-state index is 0.0494. The molecule has 0 aromatic carbocycles. The first-order valence-electron chi connectivity index (χ1n) is 9.65. The van der Waals surface area contributed by atoms with E-state index in [4.69, 9.17) is 14.2 Å². The molecule has 24 heavy (non-hydrogen) atoms. The Morgan fingerprint density at radius 2 is 1.62 bits per heavy atom. The monoisotopic (exact) mass is 338 g/mol. The summed E-state index contributed by atoms with van der Waals surface area (Å²) in [5.74, 6) is 0.327. The van der Waals surface area contributed by atoms with Crippen LogP contribution in [0.5, 0.6) is 0 Å². The molecule has 3 saturated heterocycles. The summed E-state index contributed by atoms with van der Waals surface area (Å²) in [6.07, 6.45) is 6.68. The second-order valence-corrected chi connectivity index (χ2v) is 7.55. The summed E-state index contributed by atoms with van der Waals surface area (Å²) in [5.41, 5.74) is -0.289. The largest absolute Gasteiger partial charge is 0.379 e. The number of hydrogen-bond acceptors (Lipinski definition) is 5. The van der Waals surface area contributed by atoms with Gasteiger partial charge in [0.05, 0.1) is 25.9 Å². The third-order valence-corrected chi connectivity index (χ3v) is 6.21. The van der Waals surface area contributed by atoms with Crippen molar-refractivity contribution < 1.29 is 19.0 Å². The molecule has 136 valence electrons. The first-order valence-corrected chi connectivity index (χ1v) is 9.65. The van der Waals surface area contributed by atoms with Gasteiger partial charge in [-0.1, -0.05) is 12.8 Å². The number of nitrogens with zero attached hydrogens (tertiary/aromatic N) is 2. The van der Waals surface area contributed by atoms with Crippen molar-refractivity contribution in [2.75, 3.05) is 52.6 Å². The van der Waals surface area contributed by atoms with Crippen LogP contribution in [-0.4, -0.2) is 86.1 Å². The molecule has 6 heteroatoms. The van der Waals surface area contributed by atoms with Gasteiger partial charge < -0.3 is 19.1 Å². The average Bonchev–Trinajstić information content (AvgIpc) is 3.34. The zero-order valence-corrected chi connectivity index (χ0v) is 14.6. The lowest BCUT2D eigenvalue weighted by molar-refractivity contribution is -0.159. The topological polar surface area (TPSA) is 51.2 Å². The Hall–Kier alpha value is -0.690. The molecule has 3 aliphatic heterocycles. The highest BCUT2D eigenvalue weighted by Gasteiger charge is 2.49. The first kappa shape index (κ1) is 16.8. The van der Waals surface area contributed by atoms with Crippen molar-refractivity contribution in [3.63, 3.8) is 0 Å². The van der Waals surface area contributed by atoms with Gasteiger partial charge in [0.25, 0.3) is 0 Å². The van der Waals surface area contributed by atoms with Gasteiger partial charge in [-0.25, -0.2) is 0 Å². The van der Waals surface area contributed by atoms with E-state index in [1.54, 1.807) is 0 Å². The second-order valence-electron chi connectivity index (χ2n) is 7.55. The van der Waals surface area contributed by atoms with E-state index in [0.29, 0.717) is 25.6 Å². The van der Waals surface area contributed by atoms with Crippen LogP contribution in [0.25, 0.3) is 0 Å². The van der Waals surface area contributed by atoms with E-state index in [1.807, 2.05) is 0 Å². The summed E-state index contributed by atoms with van der Waals surface area (Å²) in [7, 11) is 0. The lowest BCUT2D eigenvalue weighted by atomic mass is 9.91. The third kappa shape index (κ3) is 3.09. The molecule has 4 rings (SSSR count). The summed E-state index contributed by atoms with van der Waals surface area (Å²) in [4.78, 5) is 18.0. The molecule has 6 nitrogen and oxygen atoms in total. The van der Waals surface area contributed by atoms with E-state index in [-0.39, 0.29) is 17.7 Å². The zero-order chi connectivity index (χ0) is 16.4. The van der Waals surface area contributed by atoms with Gasteiger partial charge in [-0.05, 0) is 25.7 Å². The normalized spacial score (nSPS) is 34.6. The van der Waals surface area contributed by atoms with Crippen LogP contribution in [0.2, 0.25) is 0 Å². The smallest absolute Gasteiger partial charge is 0.243 e. The lowest BCUT2D eigenvalue weighted by Crippen LogP contribution is -2.63. The molecule has 1 saturated carbocycles. The van der Waals surface area contributed by atoms with Crippen molar-refractivity contribution in [1.82, 2.24) is 9.80 Å². The molecule has 1 amide bonds. The van der Waals surface area contributed by atoms with Crippen molar-refractivity contribution in [3.05, 3.63) is 0 Å². The van der Waals surface area contributed by atoms with Crippen LogP contribution in [0.4, 0.5) is 0 Å². The molecule has 0 bridgehead atoms. The van der Waals surface area contributed by atoms with Crippen molar-refractivity contribution in [2.45, 2.75) is 56.3 Å². The third-order valence-electron chi connectivity index (χ3n) is 6.21. The average molecular weight is 338 g/mol. The Bertz CT molecular complexity index is 440. The van der Waals surface area contributed by atoms with Crippen molar-refractivity contribution in [1.29, 1.82) is 0 Å². The highest BCUT2D eigenvalue weighted by Crippen LogP contribution is 2.38. The molecule has 0 aromatic heterocycles. The highest BCUT2D eigenvalue weighted by atomic mass is 16.5. The van der Waals surface area contributed by atoms with Crippen molar-refractivity contribution in [2.24, 2.45) is 0 Å². The molecule has 2 atom stereocenters. The maximum Gasteiger partial charge on any atom is 0.243 e. The van der Waals surface area contributed by atoms with E-state index < -0.39 is 0 Å². The van der Waals surface area contributed by atoms with Gasteiger partial charge in [0.2, 0.25) is 5.91 Å². The van der Waals surface area contributed by atoms with Crippen LogP contribution in [0.15, 0.2) is 0 Å². The summed E-state index contributed by atoms with van der Waals surface area (Å²) >= 11 is 0. The maximum absolute atomic E-state index is 13.5. The first-order chi connectivity index (χ1) is 11.8. The Kier molecular flexibility index (Phi) is 5.08. The van der Waals surface area contributed by atoms with Crippen LogP contribution < -0.4 is 0 Å². The minimum Gasteiger partial charge on any atom is -0.379 e. The molecule has 1 aliphatic carbocycles. The number of carbonyl (C=O) groups is 1. The fourth-order valence-electron chi connectivity index (χ4n) is 4.89. The minimum atomic E-state index is -0.289. The van der Waals surface area contributed by atoms with E-state index in [2.05, 4.69) is 9.80 Å². The summed E-state index contributed by atoms with van der Waals surface area (Å²) < 4.78 is 17.2. The zero-order valence-electron chi connectivity index (χ0n) is 14.6. The van der Waals surface area contributed by atoms with E-state index in [1.165, 1.54) is 0 Å². The summed E-state index contributed by atoms with van der Waals surface area (Å²) in [6, 6.07) is 0. The van der Waals surface area contributed by atoms with Gasteiger partial charge in [0.15, 0.2) is 0 Å². The molecule has 0 radical (unpaired) electrons. The molecular formula is C18H30N2O4. The Labute approximate surface area is 144 Å². The number of hydrogen-bond donors (Lipinski definition) is 0. The quantitative estimate of drug-likeness (QED) is 0.770. The van der Waals surface area contributed by atoms with Crippen LogP contribution >= 0.6 is 0 Å². The summed E-state index contributed by atoms with van der Waals surface area (Å²) in [5, 5.41) is 0. The van der Waals surface area contributed by atoms with Crippen LogP contribution in [0.1, 0.15) is 38.5 Å². The molecule has 0 aromatic rings. The van der Waals surface area contributed by atoms with E-state index in [0.717, 1.165) is 71.4 Å². The number of morpholine rings is 2. The molecule has 4 aliphatic rings. The summed E-state index contributed by atoms with van der Waals surface area (Å²) in [6.45, 7) is 6.12. The Morgan fingerprint density at radius 3 is 2.33 bits per heavy atom. The van der Waals surface area contributed by atoms with Crippen LogP contribution in [-0.2, 0) is 19.0 Å². The molecule has 0 N–H and O–H groups in total. The molecule has 0 unspecified atom stereocenters. The standard InChI is InChI=1S/C18H30N2O4/c21-17(18(5-1-2-6-18)20-8-11-22-12-9-20)19-7-13-24-16(14-19)15-4-3-10-23-15/h15-16H,1-14H2/t15-,16+/m0/s1. The molecule has 0 spiro atoms. The predicted octanol–water partition coefficient (Wildman–Crippen LogP) is 1.04. The number of amides is 1. The van der Waals surface area contributed by atoms with Gasteiger partial charge >= 0.3 is 0 Å². The number of ether oxygens (including phenoxy) is 3. The molecule has 4 fully saturated rings. The fourth-order valence-corrected chi connectivity index (χ4v) is 4.89. The van der Waals surface area contributed by atoms with E-state index >= 15 is 0 Å². The predicted molar refractivity (Wildman–Crippen MR) is 88.9 cm³/mol. The van der Waals surface area contributed by atoms with Gasteiger partial charge in [0, 0.05) is 32.8 Å². The Morgan fingerprint density at radius 1 is 0.875 bits per heavy atom. The van der Waals surface area contributed by atoms with Gasteiger partial charge in [0.1, 0.15) is 11.6 Å². The van der Waals surface area contributed by atoms with Crippen molar-refractivity contribution in [3.8, 4) is 0 Å². The van der Waals surface area contributed by atoms with Gasteiger partial charge in [-0.2, -0.15) is 0 Å². The molecule has 3 heterocycles.